The molecule has 4 heteroatoms. The highest BCUT2D eigenvalue weighted by molar-refractivity contribution is 5.20. The fraction of sp³-hybridized carbons (Fsp3) is 0.286. The minimum Gasteiger partial charge on any atom is -0.480 e. The molecule has 1 aromatic carbocycles. The summed E-state index contributed by atoms with van der Waals surface area (Å²) >= 11 is 0. The molecule has 2 rings (SSSR count). The Morgan fingerprint density at radius 3 is 2.61 bits per heavy atom. The molecular weight excluding hydrogens is 228 g/mol. The molecule has 94 valence electrons. The van der Waals surface area contributed by atoms with Crippen LogP contribution in [0, 0.1) is 0 Å². The van der Waals surface area contributed by atoms with E-state index in [1.807, 2.05) is 30.3 Å². The first-order valence-electron chi connectivity index (χ1n) is 5.88. The fourth-order valence-corrected chi connectivity index (χ4v) is 1.81. The average Bonchev–Trinajstić information content (AvgIpc) is 2.46. The third-order valence-electron chi connectivity index (χ3n) is 2.77. The third-order valence-corrected chi connectivity index (χ3v) is 2.77. The van der Waals surface area contributed by atoms with Gasteiger partial charge < -0.3 is 9.84 Å². The predicted octanol–water partition coefficient (Wildman–Crippen LogP) is 2.15. The van der Waals surface area contributed by atoms with E-state index in [0.717, 1.165) is 11.3 Å². The monoisotopic (exact) mass is 244 g/mol. The number of nitrogens with zero attached hydrogens (tertiary/aromatic N) is 2. The summed E-state index contributed by atoms with van der Waals surface area (Å²) in [4.78, 5) is 8.30. The topological polar surface area (TPSA) is 55.2 Å². The van der Waals surface area contributed by atoms with Gasteiger partial charge in [0, 0.05) is 12.4 Å². The zero-order chi connectivity index (χ0) is 12.8. The zero-order valence-corrected chi connectivity index (χ0v) is 10.3. The van der Waals surface area contributed by atoms with Crippen molar-refractivity contribution < 1.29 is 9.84 Å². The number of rotatable bonds is 5. The SMILES string of the molecule is COc1nccnc1CCC(O)c1ccccc1. The van der Waals surface area contributed by atoms with Gasteiger partial charge in [0.25, 0.3) is 0 Å². The molecule has 0 saturated heterocycles. The number of aliphatic hydroxyl groups excluding tert-OH is 1. The molecule has 1 aromatic heterocycles. The minimum atomic E-state index is -0.488. The molecule has 1 heterocycles. The maximum Gasteiger partial charge on any atom is 0.235 e. The number of hydrogen-bond donors (Lipinski definition) is 1. The summed E-state index contributed by atoms with van der Waals surface area (Å²) in [5, 5.41) is 10.1. The Bertz CT molecular complexity index is 488. The number of benzene rings is 1. The predicted molar refractivity (Wildman–Crippen MR) is 68.3 cm³/mol. The second kappa shape index (κ2) is 6.12. The first-order valence-corrected chi connectivity index (χ1v) is 5.88. The van der Waals surface area contributed by atoms with Crippen molar-refractivity contribution in [2.45, 2.75) is 18.9 Å². The molecule has 0 saturated carbocycles. The summed E-state index contributed by atoms with van der Waals surface area (Å²) in [6.07, 6.45) is 3.97. The van der Waals surface area contributed by atoms with Gasteiger partial charge in [-0.15, -0.1) is 0 Å². The molecule has 0 aliphatic rings. The summed E-state index contributed by atoms with van der Waals surface area (Å²) in [5.74, 6) is 0.526. The molecule has 4 nitrogen and oxygen atoms in total. The summed E-state index contributed by atoms with van der Waals surface area (Å²) < 4.78 is 5.13. The van der Waals surface area contributed by atoms with Gasteiger partial charge in [-0.1, -0.05) is 30.3 Å². The Kier molecular flexibility index (Phi) is 4.25. The highest BCUT2D eigenvalue weighted by atomic mass is 16.5. The lowest BCUT2D eigenvalue weighted by atomic mass is 10.0. The Morgan fingerprint density at radius 2 is 1.89 bits per heavy atom. The Morgan fingerprint density at radius 1 is 1.17 bits per heavy atom. The fourth-order valence-electron chi connectivity index (χ4n) is 1.81. The summed E-state index contributed by atoms with van der Waals surface area (Å²) in [6.45, 7) is 0. The second-order valence-corrected chi connectivity index (χ2v) is 3.98. The molecule has 0 radical (unpaired) electrons. The summed E-state index contributed by atoms with van der Waals surface area (Å²) in [7, 11) is 1.57. The lowest BCUT2D eigenvalue weighted by Gasteiger charge is -2.11. The highest BCUT2D eigenvalue weighted by Gasteiger charge is 2.10. The van der Waals surface area contributed by atoms with Gasteiger partial charge in [0.1, 0.15) is 5.69 Å². The highest BCUT2D eigenvalue weighted by Crippen LogP contribution is 2.20. The molecule has 1 unspecified atom stereocenters. The van der Waals surface area contributed by atoms with Crippen LogP contribution in [-0.4, -0.2) is 22.2 Å². The van der Waals surface area contributed by atoms with Gasteiger partial charge in [0.05, 0.1) is 13.2 Å². The van der Waals surface area contributed by atoms with E-state index in [1.165, 1.54) is 0 Å². The maximum atomic E-state index is 10.1. The zero-order valence-electron chi connectivity index (χ0n) is 10.3. The molecule has 0 aliphatic heterocycles. The van der Waals surface area contributed by atoms with Crippen molar-refractivity contribution in [3.05, 3.63) is 54.0 Å². The normalized spacial score (nSPS) is 12.1. The van der Waals surface area contributed by atoms with Crippen LogP contribution in [0.15, 0.2) is 42.7 Å². The summed E-state index contributed by atoms with van der Waals surface area (Å²) in [5.41, 5.74) is 1.69. The van der Waals surface area contributed by atoms with Gasteiger partial charge in [0.2, 0.25) is 5.88 Å². The maximum absolute atomic E-state index is 10.1. The van der Waals surface area contributed by atoms with E-state index < -0.39 is 6.10 Å². The van der Waals surface area contributed by atoms with Crippen LogP contribution >= 0.6 is 0 Å². The Labute approximate surface area is 106 Å². The van der Waals surface area contributed by atoms with Crippen LogP contribution in [0.4, 0.5) is 0 Å². The molecule has 0 spiro atoms. The molecule has 0 fully saturated rings. The number of aliphatic hydroxyl groups is 1. The van der Waals surface area contributed by atoms with Crippen molar-refractivity contribution in [3.8, 4) is 5.88 Å². The molecule has 0 aliphatic carbocycles. The smallest absolute Gasteiger partial charge is 0.235 e. The van der Waals surface area contributed by atoms with Gasteiger partial charge in [-0.25, -0.2) is 4.98 Å². The lowest BCUT2D eigenvalue weighted by molar-refractivity contribution is 0.167. The number of methoxy groups -OCH3 is 1. The molecule has 0 bridgehead atoms. The second-order valence-electron chi connectivity index (χ2n) is 3.98. The van der Waals surface area contributed by atoms with E-state index in [1.54, 1.807) is 19.5 Å². The van der Waals surface area contributed by atoms with Crippen LogP contribution in [0.25, 0.3) is 0 Å². The average molecular weight is 244 g/mol. The van der Waals surface area contributed by atoms with Crippen LogP contribution in [0.1, 0.15) is 23.8 Å². The van der Waals surface area contributed by atoms with E-state index in [2.05, 4.69) is 9.97 Å². The molecule has 18 heavy (non-hydrogen) atoms. The Hall–Kier alpha value is -1.94. The molecular formula is C14H16N2O2. The van der Waals surface area contributed by atoms with Crippen LogP contribution in [0.5, 0.6) is 5.88 Å². The lowest BCUT2D eigenvalue weighted by Crippen LogP contribution is -2.03. The van der Waals surface area contributed by atoms with E-state index in [4.69, 9.17) is 4.74 Å². The van der Waals surface area contributed by atoms with Crippen LogP contribution in [-0.2, 0) is 6.42 Å². The van der Waals surface area contributed by atoms with Gasteiger partial charge in [-0.3, -0.25) is 4.98 Å². The number of hydrogen-bond acceptors (Lipinski definition) is 4. The Balaban J connectivity index is 1.99. The van der Waals surface area contributed by atoms with E-state index >= 15 is 0 Å². The van der Waals surface area contributed by atoms with Crippen molar-refractivity contribution in [1.29, 1.82) is 0 Å². The van der Waals surface area contributed by atoms with E-state index in [0.29, 0.717) is 18.7 Å². The van der Waals surface area contributed by atoms with E-state index in [-0.39, 0.29) is 0 Å². The third kappa shape index (κ3) is 3.05. The van der Waals surface area contributed by atoms with E-state index in [9.17, 15) is 5.11 Å². The van der Waals surface area contributed by atoms with Crippen molar-refractivity contribution in [2.24, 2.45) is 0 Å². The number of aromatic nitrogens is 2. The van der Waals surface area contributed by atoms with Crippen LogP contribution in [0.2, 0.25) is 0 Å². The number of ether oxygens (including phenoxy) is 1. The molecule has 1 N–H and O–H groups in total. The van der Waals surface area contributed by atoms with Gasteiger partial charge in [-0.05, 0) is 18.4 Å². The van der Waals surface area contributed by atoms with Gasteiger partial charge in [-0.2, -0.15) is 0 Å². The van der Waals surface area contributed by atoms with Crippen LogP contribution in [0.3, 0.4) is 0 Å². The first-order chi connectivity index (χ1) is 8.81. The number of aryl methyl sites for hydroxylation is 1. The van der Waals surface area contributed by atoms with Crippen LogP contribution < -0.4 is 4.74 Å². The summed E-state index contributed by atoms with van der Waals surface area (Å²) in [6, 6.07) is 9.60. The standard InChI is InChI=1S/C14H16N2O2/c1-18-14-12(15-9-10-16-14)7-8-13(17)11-5-3-2-4-6-11/h2-6,9-10,13,17H,7-8H2,1H3. The van der Waals surface area contributed by atoms with Gasteiger partial charge in [0.15, 0.2) is 0 Å². The molecule has 1 atom stereocenters. The first kappa shape index (κ1) is 12.5. The molecule has 2 aromatic rings. The largest absolute Gasteiger partial charge is 0.480 e. The van der Waals surface area contributed by atoms with Crippen molar-refractivity contribution in [3.63, 3.8) is 0 Å². The van der Waals surface area contributed by atoms with Crippen molar-refractivity contribution in [1.82, 2.24) is 9.97 Å². The van der Waals surface area contributed by atoms with Crippen molar-refractivity contribution in [2.75, 3.05) is 7.11 Å². The quantitative estimate of drug-likeness (QED) is 0.875. The molecule has 0 amide bonds. The van der Waals surface area contributed by atoms with Crippen molar-refractivity contribution >= 4 is 0 Å². The van der Waals surface area contributed by atoms with Gasteiger partial charge >= 0.3 is 0 Å². The minimum absolute atomic E-state index is 0.488.